The van der Waals surface area contributed by atoms with Gasteiger partial charge in [0.25, 0.3) is 0 Å². The van der Waals surface area contributed by atoms with Crippen LogP contribution in [0.3, 0.4) is 0 Å². The first kappa shape index (κ1) is 20.5. The molecular formula is C22H17ClN8O2. The fourth-order valence-electron chi connectivity index (χ4n) is 3.26. The zero-order valence-electron chi connectivity index (χ0n) is 17.0. The Bertz CT molecular complexity index is 1620. The van der Waals surface area contributed by atoms with Crippen molar-refractivity contribution in [2.45, 2.75) is 6.54 Å². The molecular weight excluding hydrogens is 444 g/mol. The van der Waals surface area contributed by atoms with E-state index in [2.05, 4.69) is 30.4 Å². The van der Waals surface area contributed by atoms with Crippen LogP contribution in [0, 0.1) is 0 Å². The number of aromatic nitrogens is 6. The molecule has 0 bridgehead atoms. The topological polar surface area (TPSA) is 136 Å². The zero-order chi connectivity index (χ0) is 22.8. The second kappa shape index (κ2) is 8.60. The van der Waals surface area contributed by atoms with Gasteiger partial charge in [0.05, 0.1) is 12.7 Å². The molecule has 5 aromatic rings. The average molecular weight is 461 g/mol. The van der Waals surface area contributed by atoms with Crippen molar-refractivity contribution in [3.05, 3.63) is 98.5 Å². The minimum Gasteiger partial charge on any atom is -0.493 e. The summed E-state index contributed by atoms with van der Waals surface area (Å²) >= 11 is 6.11. The Hall–Kier alpha value is -4.44. The molecule has 0 amide bonds. The van der Waals surface area contributed by atoms with E-state index < -0.39 is 5.69 Å². The van der Waals surface area contributed by atoms with Gasteiger partial charge in [-0.2, -0.15) is 9.61 Å². The van der Waals surface area contributed by atoms with Crippen molar-refractivity contribution in [3.63, 3.8) is 0 Å². The van der Waals surface area contributed by atoms with Gasteiger partial charge in [-0.05, 0) is 42.0 Å². The lowest BCUT2D eigenvalue weighted by Gasteiger charge is -2.07. The number of pyridine rings is 1. The number of aromatic amines is 2. The van der Waals surface area contributed by atoms with E-state index in [-0.39, 0.29) is 11.6 Å². The maximum Gasteiger partial charge on any atom is 0.326 e. The number of hydrogen-bond donors (Lipinski definition) is 4. The van der Waals surface area contributed by atoms with Gasteiger partial charge < -0.3 is 15.4 Å². The summed E-state index contributed by atoms with van der Waals surface area (Å²) in [6.45, 7) is 0.420. The smallest absolute Gasteiger partial charge is 0.326 e. The number of benzene rings is 1. The van der Waals surface area contributed by atoms with Crippen molar-refractivity contribution < 1.29 is 5.11 Å². The average Bonchev–Trinajstić information content (AvgIpc) is 3.35. The Balaban J connectivity index is 1.66. The predicted octanol–water partition coefficient (Wildman–Crippen LogP) is 1.89. The van der Waals surface area contributed by atoms with Gasteiger partial charge in [0.2, 0.25) is 5.88 Å². The van der Waals surface area contributed by atoms with E-state index in [9.17, 15) is 9.90 Å². The Kier molecular flexibility index (Phi) is 5.33. The molecule has 4 N–H and O–H groups in total. The molecule has 33 heavy (non-hydrogen) atoms. The maximum atomic E-state index is 11.5. The van der Waals surface area contributed by atoms with Crippen LogP contribution < -0.4 is 21.7 Å². The molecule has 0 aliphatic heterocycles. The molecule has 11 heteroatoms. The summed E-state index contributed by atoms with van der Waals surface area (Å²) < 4.78 is 1.60. The van der Waals surface area contributed by atoms with Crippen LogP contribution in [0.2, 0.25) is 5.02 Å². The first-order chi connectivity index (χ1) is 16.0. The normalized spacial score (nSPS) is 12.5. The fourth-order valence-corrected chi connectivity index (χ4v) is 3.45. The number of fused-ring (bicyclic) bond motifs is 1. The zero-order valence-corrected chi connectivity index (χ0v) is 17.8. The summed E-state index contributed by atoms with van der Waals surface area (Å²) in [6, 6.07) is 12.8. The van der Waals surface area contributed by atoms with E-state index in [1.54, 1.807) is 47.4 Å². The highest BCUT2D eigenvalue weighted by atomic mass is 35.5. The highest BCUT2D eigenvalue weighted by Crippen LogP contribution is 2.18. The molecule has 10 nitrogen and oxygen atoms in total. The van der Waals surface area contributed by atoms with E-state index in [0.717, 1.165) is 11.3 Å². The molecule has 4 heterocycles. The van der Waals surface area contributed by atoms with Gasteiger partial charge in [-0.3, -0.25) is 15.0 Å². The lowest BCUT2D eigenvalue weighted by molar-refractivity contribution is 0.454. The molecule has 0 spiro atoms. The number of anilines is 2. The quantitative estimate of drug-likeness (QED) is 0.316. The molecule has 0 aliphatic rings. The summed E-state index contributed by atoms with van der Waals surface area (Å²) in [7, 11) is 0. The summed E-state index contributed by atoms with van der Waals surface area (Å²) in [5.41, 5.74) is 2.51. The van der Waals surface area contributed by atoms with Crippen molar-refractivity contribution in [2.24, 2.45) is 4.99 Å². The van der Waals surface area contributed by atoms with Crippen molar-refractivity contribution >= 4 is 34.8 Å². The third-order valence-electron chi connectivity index (χ3n) is 4.79. The van der Waals surface area contributed by atoms with Crippen LogP contribution in [0.25, 0.3) is 11.7 Å². The van der Waals surface area contributed by atoms with Gasteiger partial charge >= 0.3 is 5.69 Å². The largest absolute Gasteiger partial charge is 0.493 e. The standard InChI is InChI=1S/C22H17ClN8O2/c23-15-2-1-3-16(9-15)27-18-10-19(25-11-13-4-6-24-7-5-13)31-20(29-18)14(12-26-31)8-17-21(32)30-22(33)28-17/h1-10,12,27,32H,11H2,(H2,28,30,33)/b14-8+,25-19?. The second-order valence-corrected chi connectivity index (χ2v) is 7.56. The highest BCUT2D eigenvalue weighted by molar-refractivity contribution is 6.30. The van der Waals surface area contributed by atoms with Gasteiger partial charge in [0.1, 0.15) is 11.5 Å². The first-order valence-corrected chi connectivity index (χ1v) is 10.3. The van der Waals surface area contributed by atoms with E-state index in [0.29, 0.717) is 33.7 Å². The van der Waals surface area contributed by atoms with Crippen molar-refractivity contribution in [1.82, 2.24) is 29.5 Å². The molecule has 0 aliphatic carbocycles. The van der Waals surface area contributed by atoms with E-state index >= 15 is 0 Å². The lowest BCUT2D eigenvalue weighted by Crippen LogP contribution is -2.19. The van der Waals surface area contributed by atoms with Crippen LogP contribution in [-0.4, -0.2) is 34.7 Å². The van der Waals surface area contributed by atoms with Crippen LogP contribution in [0.5, 0.6) is 5.88 Å². The predicted molar refractivity (Wildman–Crippen MR) is 123 cm³/mol. The van der Waals surface area contributed by atoms with Crippen molar-refractivity contribution in [1.29, 1.82) is 0 Å². The van der Waals surface area contributed by atoms with Crippen LogP contribution in [-0.2, 0) is 6.54 Å². The Morgan fingerprint density at radius 3 is 2.79 bits per heavy atom. The van der Waals surface area contributed by atoms with Crippen LogP contribution >= 0.6 is 11.6 Å². The minimum atomic E-state index is -0.514. The molecule has 5 rings (SSSR count). The lowest BCUT2D eigenvalue weighted by atomic mass is 10.3. The number of nitrogens with zero attached hydrogens (tertiary/aromatic N) is 5. The van der Waals surface area contributed by atoms with Crippen molar-refractivity contribution in [3.8, 4) is 5.88 Å². The van der Waals surface area contributed by atoms with Gasteiger partial charge in [-0.1, -0.05) is 17.7 Å². The molecule has 0 saturated carbocycles. The van der Waals surface area contributed by atoms with Gasteiger partial charge in [0.15, 0.2) is 11.1 Å². The summed E-state index contributed by atoms with van der Waals surface area (Å²) in [5, 5.41) is 18.7. The first-order valence-electron chi connectivity index (χ1n) is 9.89. The Labute approximate surface area is 191 Å². The number of hydrogen-bond acceptors (Lipinski definition) is 7. The number of aromatic hydroxyl groups is 1. The third-order valence-corrected chi connectivity index (χ3v) is 5.02. The molecule has 0 saturated heterocycles. The fraction of sp³-hybridized carbons (Fsp3) is 0.0455. The number of imidazole rings is 1. The van der Waals surface area contributed by atoms with Crippen LogP contribution in [0.15, 0.2) is 70.8 Å². The highest BCUT2D eigenvalue weighted by Gasteiger charge is 2.08. The molecule has 0 atom stereocenters. The van der Waals surface area contributed by atoms with Gasteiger partial charge in [-0.25, -0.2) is 9.78 Å². The molecule has 0 fully saturated rings. The molecule has 0 radical (unpaired) electrons. The monoisotopic (exact) mass is 460 g/mol. The van der Waals surface area contributed by atoms with E-state index in [1.807, 2.05) is 24.3 Å². The number of nitrogens with one attached hydrogen (secondary N) is 3. The Morgan fingerprint density at radius 2 is 2.03 bits per heavy atom. The van der Waals surface area contributed by atoms with Crippen molar-refractivity contribution in [2.75, 3.05) is 5.32 Å². The number of H-pyrrole nitrogens is 2. The maximum absolute atomic E-state index is 11.5. The minimum absolute atomic E-state index is 0.222. The van der Waals surface area contributed by atoms with Crippen LogP contribution in [0.4, 0.5) is 11.5 Å². The molecule has 4 aromatic heterocycles. The summed E-state index contributed by atoms with van der Waals surface area (Å²) in [4.78, 5) is 29.7. The Morgan fingerprint density at radius 1 is 1.18 bits per heavy atom. The number of halogens is 1. The van der Waals surface area contributed by atoms with Gasteiger partial charge in [-0.15, -0.1) is 0 Å². The second-order valence-electron chi connectivity index (χ2n) is 7.13. The summed E-state index contributed by atoms with van der Waals surface area (Å²) in [5.74, 6) is 0.260. The van der Waals surface area contributed by atoms with E-state index in [1.165, 1.54) is 0 Å². The molecule has 164 valence electrons. The van der Waals surface area contributed by atoms with Gasteiger partial charge in [0, 0.05) is 34.4 Å². The van der Waals surface area contributed by atoms with Crippen LogP contribution in [0.1, 0.15) is 11.3 Å². The van der Waals surface area contributed by atoms with E-state index in [4.69, 9.17) is 16.6 Å². The third kappa shape index (κ3) is 4.46. The SMILES string of the molecule is O=c1[nH]c(O)c(/C=c2\cnn3c(=NCc4ccncc4)cc(Nc4cccc(Cl)c4)nc23)[nH]1. The summed E-state index contributed by atoms with van der Waals surface area (Å²) in [6.07, 6.45) is 6.59. The number of rotatable bonds is 5. The molecule has 1 aromatic carbocycles. The molecule has 0 unspecified atom stereocenters.